The van der Waals surface area contributed by atoms with Gasteiger partial charge in [0.15, 0.2) is 5.76 Å². The maximum absolute atomic E-state index is 12.8. The lowest BCUT2D eigenvalue weighted by Gasteiger charge is -2.31. The van der Waals surface area contributed by atoms with E-state index >= 15 is 0 Å². The lowest BCUT2D eigenvalue weighted by Crippen LogP contribution is -2.39. The van der Waals surface area contributed by atoms with Crippen molar-refractivity contribution in [2.24, 2.45) is 11.7 Å². The standard InChI is InChI=1S/C21H25N5O2/c1-15-3-2-4-17(11-15)19-5-6-20(28-19)21(27)25-9-7-16(8-10-25)13-26-14-18(12-22)23-24-26/h2-6,11,14,16H,7-10,12-13,22H2,1H3. The average molecular weight is 379 g/mol. The molecule has 0 spiro atoms. The van der Waals surface area contributed by atoms with Gasteiger partial charge in [-0.1, -0.05) is 29.0 Å². The molecule has 0 radical (unpaired) electrons. The highest BCUT2D eigenvalue weighted by molar-refractivity contribution is 5.92. The average Bonchev–Trinajstić information content (AvgIpc) is 3.38. The summed E-state index contributed by atoms with van der Waals surface area (Å²) in [5.74, 6) is 1.57. The SMILES string of the molecule is Cc1cccc(-c2ccc(C(=O)N3CCC(Cn4cc(CN)nn4)CC3)o2)c1. The first-order chi connectivity index (χ1) is 13.6. The highest BCUT2D eigenvalue weighted by Crippen LogP contribution is 2.25. The second-order valence-electron chi connectivity index (χ2n) is 7.40. The first-order valence-corrected chi connectivity index (χ1v) is 9.67. The summed E-state index contributed by atoms with van der Waals surface area (Å²) in [5, 5.41) is 8.14. The highest BCUT2D eigenvalue weighted by atomic mass is 16.4. The van der Waals surface area contributed by atoms with Gasteiger partial charge in [0.2, 0.25) is 0 Å². The lowest BCUT2D eigenvalue weighted by atomic mass is 9.96. The molecule has 1 aliphatic heterocycles. The first kappa shape index (κ1) is 18.4. The van der Waals surface area contributed by atoms with Gasteiger partial charge in [-0.2, -0.15) is 0 Å². The number of nitrogens with two attached hydrogens (primary N) is 1. The van der Waals surface area contributed by atoms with Gasteiger partial charge in [0.1, 0.15) is 5.76 Å². The van der Waals surface area contributed by atoms with Crippen LogP contribution in [0, 0.1) is 12.8 Å². The molecule has 3 heterocycles. The molecule has 0 bridgehead atoms. The van der Waals surface area contributed by atoms with E-state index in [1.165, 1.54) is 0 Å². The number of hydrogen-bond donors (Lipinski definition) is 1. The molecule has 1 aromatic carbocycles. The summed E-state index contributed by atoms with van der Waals surface area (Å²) in [7, 11) is 0. The van der Waals surface area contributed by atoms with Gasteiger partial charge >= 0.3 is 0 Å². The van der Waals surface area contributed by atoms with Gasteiger partial charge in [-0.3, -0.25) is 9.48 Å². The monoisotopic (exact) mass is 379 g/mol. The molecule has 2 N–H and O–H groups in total. The van der Waals surface area contributed by atoms with Crippen molar-refractivity contribution in [2.45, 2.75) is 32.9 Å². The van der Waals surface area contributed by atoms with Crippen molar-refractivity contribution in [1.82, 2.24) is 19.9 Å². The van der Waals surface area contributed by atoms with E-state index in [-0.39, 0.29) is 5.91 Å². The van der Waals surface area contributed by atoms with Gasteiger partial charge in [-0.05, 0) is 43.9 Å². The molecule has 0 saturated carbocycles. The molecule has 1 fully saturated rings. The van der Waals surface area contributed by atoms with Gasteiger partial charge in [0.05, 0.1) is 5.69 Å². The molecule has 0 unspecified atom stereocenters. The van der Waals surface area contributed by atoms with Gasteiger partial charge in [0, 0.05) is 37.9 Å². The summed E-state index contributed by atoms with van der Waals surface area (Å²) in [5.41, 5.74) is 8.53. The summed E-state index contributed by atoms with van der Waals surface area (Å²) in [4.78, 5) is 14.7. The molecule has 0 aliphatic carbocycles. The van der Waals surface area contributed by atoms with Crippen molar-refractivity contribution >= 4 is 5.91 Å². The molecule has 146 valence electrons. The molecule has 7 nitrogen and oxygen atoms in total. The molecule has 1 saturated heterocycles. The zero-order chi connectivity index (χ0) is 19.5. The highest BCUT2D eigenvalue weighted by Gasteiger charge is 2.26. The maximum Gasteiger partial charge on any atom is 0.289 e. The summed E-state index contributed by atoms with van der Waals surface area (Å²) in [6.07, 6.45) is 3.78. The Bertz CT molecular complexity index is 953. The fraction of sp³-hybridized carbons (Fsp3) is 0.381. The van der Waals surface area contributed by atoms with E-state index in [9.17, 15) is 4.79 Å². The van der Waals surface area contributed by atoms with Gasteiger partial charge in [-0.25, -0.2) is 0 Å². The van der Waals surface area contributed by atoms with Crippen molar-refractivity contribution in [2.75, 3.05) is 13.1 Å². The molecule has 7 heteroatoms. The molecular formula is C21H25N5O2. The first-order valence-electron chi connectivity index (χ1n) is 9.67. The Morgan fingerprint density at radius 3 is 2.79 bits per heavy atom. The minimum atomic E-state index is -0.0384. The summed E-state index contributed by atoms with van der Waals surface area (Å²) in [6.45, 7) is 4.71. The summed E-state index contributed by atoms with van der Waals surface area (Å²) < 4.78 is 7.70. The zero-order valence-corrected chi connectivity index (χ0v) is 16.0. The van der Waals surface area contributed by atoms with Crippen LogP contribution in [0.15, 0.2) is 47.0 Å². The van der Waals surface area contributed by atoms with Crippen LogP contribution in [0.3, 0.4) is 0 Å². The van der Waals surface area contributed by atoms with Crippen molar-refractivity contribution in [3.8, 4) is 11.3 Å². The van der Waals surface area contributed by atoms with E-state index in [4.69, 9.17) is 10.2 Å². The number of piperidine rings is 1. The maximum atomic E-state index is 12.8. The Hall–Kier alpha value is -2.93. The number of benzene rings is 1. The van der Waals surface area contributed by atoms with Crippen LogP contribution in [0.1, 0.15) is 34.7 Å². The molecule has 4 rings (SSSR count). The number of furan rings is 1. The van der Waals surface area contributed by atoms with Crippen LogP contribution in [0.5, 0.6) is 0 Å². The van der Waals surface area contributed by atoms with Gasteiger partial charge in [0.25, 0.3) is 5.91 Å². The number of hydrogen-bond acceptors (Lipinski definition) is 5. The zero-order valence-electron chi connectivity index (χ0n) is 16.0. The quantitative estimate of drug-likeness (QED) is 0.736. The van der Waals surface area contributed by atoms with E-state index in [1.54, 1.807) is 6.07 Å². The second kappa shape index (κ2) is 7.98. The van der Waals surface area contributed by atoms with E-state index in [1.807, 2.05) is 47.0 Å². The molecule has 1 aliphatic rings. The Morgan fingerprint density at radius 2 is 2.07 bits per heavy atom. The predicted molar refractivity (Wildman–Crippen MR) is 105 cm³/mol. The molecule has 0 atom stereocenters. The number of nitrogens with zero attached hydrogens (tertiary/aromatic N) is 4. The van der Waals surface area contributed by atoms with E-state index in [2.05, 4.69) is 16.4 Å². The Labute approximate surface area is 164 Å². The number of amides is 1. The van der Waals surface area contributed by atoms with Crippen molar-refractivity contribution in [1.29, 1.82) is 0 Å². The molecule has 2 aromatic heterocycles. The van der Waals surface area contributed by atoms with Crippen molar-refractivity contribution in [3.63, 3.8) is 0 Å². The van der Waals surface area contributed by atoms with E-state index in [0.29, 0.717) is 18.2 Å². The third-order valence-electron chi connectivity index (χ3n) is 5.26. The Kier molecular flexibility index (Phi) is 5.25. The van der Waals surface area contributed by atoms with Crippen molar-refractivity contribution < 1.29 is 9.21 Å². The Balaban J connectivity index is 1.35. The number of rotatable bonds is 5. The number of aryl methyl sites for hydroxylation is 1. The summed E-state index contributed by atoms with van der Waals surface area (Å²) >= 11 is 0. The van der Waals surface area contributed by atoms with Crippen LogP contribution < -0.4 is 5.73 Å². The third kappa shape index (κ3) is 3.99. The van der Waals surface area contributed by atoms with Crippen LogP contribution in [-0.4, -0.2) is 38.9 Å². The number of carbonyl (C=O) groups excluding carboxylic acids is 1. The molecular weight excluding hydrogens is 354 g/mol. The fourth-order valence-corrected chi connectivity index (χ4v) is 3.67. The van der Waals surface area contributed by atoms with Gasteiger partial charge < -0.3 is 15.1 Å². The fourth-order valence-electron chi connectivity index (χ4n) is 3.67. The molecule has 3 aromatic rings. The van der Waals surface area contributed by atoms with Crippen LogP contribution in [0.25, 0.3) is 11.3 Å². The van der Waals surface area contributed by atoms with Crippen LogP contribution in [0.2, 0.25) is 0 Å². The van der Waals surface area contributed by atoms with Gasteiger partial charge in [-0.15, -0.1) is 5.10 Å². The third-order valence-corrected chi connectivity index (χ3v) is 5.26. The molecule has 28 heavy (non-hydrogen) atoms. The van der Waals surface area contributed by atoms with Crippen molar-refractivity contribution in [3.05, 3.63) is 59.6 Å². The van der Waals surface area contributed by atoms with Crippen LogP contribution in [0.4, 0.5) is 0 Å². The lowest BCUT2D eigenvalue weighted by molar-refractivity contribution is 0.0650. The number of aromatic nitrogens is 3. The van der Waals surface area contributed by atoms with Crippen LogP contribution in [-0.2, 0) is 13.1 Å². The van der Waals surface area contributed by atoms with E-state index in [0.717, 1.165) is 55.1 Å². The smallest absolute Gasteiger partial charge is 0.289 e. The minimum Gasteiger partial charge on any atom is -0.451 e. The number of carbonyl (C=O) groups is 1. The minimum absolute atomic E-state index is 0.0384. The molecule has 1 amide bonds. The second-order valence-corrected chi connectivity index (χ2v) is 7.40. The largest absolute Gasteiger partial charge is 0.451 e. The topological polar surface area (TPSA) is 90.2 Å². The Morgan fingerprint density at radius 1 is 1.25 bits per heavy atom. The summed E-state index contributed by atoms with van der Waals surface area (Å²) in [6, 6.07) is 11.7. The predicted octanol–water partition coefficient (Wildman–Crippen LogP) is 2.86. The normalized spacial score (nSPS) is 15.1. The van der Waals surface area contributed by atoms with Crippen LogP contribution >= 0.6 is 0 Å². The number of likely N-dealkylation sites (tertiary alicyclic amines) is 1. The van der Waals surface area contributed by atoms with E-state index < -0.39 is 0 Å².